The fourth-order valence-corrected chi connectivity index (χ4v) is 3.40. The van der Waals surface area contributed by atoms with Gasteiger partial charge in [0.1, 0.15) is 11.2 Å². The molecule has 1 N–H and O–H groups in total. The van der Waals surface area contributed by atoms with E-state index in [1.54, 1.807) is 6.07 Å². The number of rotatable bonds is 3. The monoisotopic (exact) mass is 358 g/mol. The lowest BCUT2D eigenvalue weighted by Gasteiger charge is -2.30. The number of aromatic amines is 1. The lowest BCUT2D eigenvalue weighted by atomic mass is 9.96. The van der Waals surface area contributed by atoms with Gasteiger partial charge in [0.25, 0.3) is 5.91 Å². The molecule has 3 heterocycles. The van der Waals surface area contributed by atoms with Crippen LogP contribution in [-0.2, 0) is 6.42 Å². The lowest BCUT2D eigenvalue weighted by molar-refractivity contribution is 0.0700. The second kappa shape index (κ2) is 6.52. The third-order valence-electron chi connectivity index (χ3n) is 4.73. The highest BCUT2D eigenvalue weighted by atomic mass is 35.5. The summed E-state index contributed by atoms with van der Waals surface area (Å²) in [5.74, 6) is 0.941. The van der Waals surface area contributed by atoms with Gasteiger partial charge < -0.3 is 9.32 Å². The molecule has 1 fully saturated rings. The molecule has 2 aromatic heterocycles. The molecule has 1 aliphatic heterocycles. The van der Waals surface area contributed by atoms with E-state index in [0.29, 0.717) is 23.8 Å². The number of hydrogen-bond acceptors (Lipinski definition) is 4. The number of nitrogens with zero attached hydrogens (tertiary/aromatic N) is 3. The van der Waals surface area contributed by atoms with Crippen LogP contribution in [0.25, 0.3) is 11.1 Å². The van der Waals surface area contributed by atoms with Crippen LogP contribution >= 0.6 is 11.6 Å². The first kappa shape index (κ1) is 16.1. The topological polar surface area (TPSA) is 75.0 Å². The van der Waals surface area contributed by atoms with Crippen LogP contribution in [0.5, 0.6) is 0 Å². The third-order valence-corrected chi connectivity index (χ3v) is 4.96. The Kier molecular flexibility index (Phi) is 4.21. The maximum atomic E-state index is 12.5. The van der Waals surface area contributed by atoms with Crippen molar-refractivity contribution in [3.8, 4) is 0 Å². The molecule has 0 radical (unpaired) electrons. The van der Waals surface area contributed by atoms with Gasteiger partial charge in [0.2, 0.25) is 0 Å². The SMILES string of the molecule is CCc1cc(C(=O)N2CCC(c3nc4cc(Cl)ccc4o3)CC2)n[nH]1. The molecule has 1 amide bonds. The summed E-state index contributed by atoms with van der Waals surface area (Å²) in [7, 11) is 0. The van der Waals surface area contributed by atoms with Crippen LogP contribution in [-0.4, -0.2) is 39.1 Å². The van der Waals surface area contributed by atoms with E-state index >= 15 is 0 Å². The Morgan fingerprint density at radius 2 is 2.16 bits per heavy atom. The second-order valence-electron chi connectivity index (χ2n) is 6.36. The Morgan fingerprint density at radius 1 is 1.36 bits per heavy atom. The number of oxazole rings is 1. The fraction of sp³-hybridized carbons (Fsp3) is 0.389. The highest BCUT2D eigenvalue weighted by Gasteiger charge is 2.28. The first-order valence-electron chi connectivity index (χ1n) is 8.53. The molecule has 0 unspecified atom stereocenters. The molecule has 130 valence electrons. The largest absolute Gasteiger partial charge is 0.440 e. The van der Waals surface area contributed by atoms with E-state index in [0.717, 1.165) is 41.9 Å². The van der Waals surface area contributed by atoms with Gasteiger partial charge in [-0.2, -0.15) is 5.10 Å². The number of likely N-dealkylation sites (tertiary alicyclic amines) is 1. The molecule has 1 aromatic carbocycles. The minimum absolute atomic E-state index is 0.0150. The molecule has 0 spiro atoms. The smallest absolute Gasteiger partial charge is 0.274 e. The van der Waals surface area contributed by atoms with Gasteiger partial charge in [-0.3, -0.25) is 9.89 Å². The van der Waals surface area contributed by atoms with Crippen molar-refractivity contribution in [2.24, 2.45) is 0 Å². The van der Waals surface area contributed by atoms with Gasteiger partial charge >= 0.3 is 0 Å². The average Bonchev–Trinajstić information content (AvgIpc) is 3.27. The van der Waals surface area contributed by atoms with Gasteiger partial charge in [0, 0.05) is 29.7 Å². The summed E-state index contributed by atoms with van der Waals surface area (Å²) in [6.07, 6.45) is 2.50. The zero-order valence-corrected chi connectivity index (χ0v) is 14.7. The summed E-state index contributed by atoms with van der Waals surface area (Å²) in [6, 6.07) is 7.29. The zero-order chi connectivity index (χ0) is 17.4. The molecular weight excluding hydrogens is 340 g/mol. The minimum atomic E-state index is -0.0150. The van der Waals surface area contributed by atoms with Gasteiger partial charge in [-0.05, 0) is 43.5 Å². The number of H-pyrrole nitrogens is 1. The van der Waals surface area contributed by atoms with Crippen molar-refractivity contribution in [3.63, 3.8) is 0 Å². The van der Waals surface area contributed by atoms with Crippen LogP contribution in [0.4, 0.5) is 0 Å². The molecule has 1 saturated heterocycles. The Labute approximate surface area is 150 Å². The number of nitrogens with one attached hydrogen (secondary N) is 1. The number of halogens is 1. The van der Waals surface area contributed by atoms with Crippen molar-refractivity contribution >= 4 is 28.6 Å². The van der Waals surface area contributed by atoms with Crippen LogP contribution < -0.4 is 0 Å². The third kappa shape index (κ3) is 3.14. The first-order valence-corrected chi connectivity index (χ1v) is 8.91. The van der Waals surface area contributed by atoms with Crippen molar-refractivity contribution < 1.29 is 9.21 Å². The Bertz CT molecular complexity index is 909. The minimum Gasteiger partial charge on any atom is -0.440 e. The van der Waals surface area contributed by atoms with Crippen LogP contribution in [0, 0.1) is 0 Å². The molecular formula is C18H19ClN4O2. The predicted octanol–water partition coefficient (Wildman–Crippen LogP) is 3.79. The molecule has 6 nitrogen and oxygen atoms in total. The number of amides is 1. The standard InChI is InChI=1S/C18H19ClN4O2/c1-2-13-10-15(22-21-13)18(24)23-7-5-11(6-8-23)17-20-14-9-12(19)3-4-16(14)25-17/h3-4,9-11H,2,5-8H2,1H3,(H,21,22). The second-order valence-corrected chi connectivity index (χ2v) is 6.80. The Balaban J connectivity index is 1.44. The number of hydrogen-bond donors (Lipinski definition) is 1. The quantitative estimate of drug-likeness (QED) is 0.773. The summed E-state index contributed by atoms with van der Waals surface area (Å²) >= 11 is 6.00. The van der Waals surface area contributed by atoms with E-state index in [1.165, 1.54) is 0 Å². The molecule has 25 heavy (non-hydrogen) atoms. The number of aryl methyl sites for hydroxylation is 1. The van der Waals surface area contributed by atoms with Gasteiger partial charge in [0.05, 0.1) is 0 Å². The van der Waals surface area contributed by atoms with Crippen molar-refractivity contribution in [1.82, 2.24) is 20.1 Å². The number of aromatic nitrogens is 3. The summed E-state index contributed by atoms with van der Waals surface area (Å²) in [5, 5.41) is 7.66. The molecule has 0 bridgehead atoms. The molecule has 0 saturated carbocycles. The van der Waals surface area contributed by atoms with E-state index in [-0.39, 0.29) is 11.8 Å². The van der Waals surface area contributed by atoms with Gasteiger partial charge in [-0.15, -0.1) is 0 Å². The van der Waals surface area contributed by atoms with Crippen LogP contribution in [0.15, 0.2) is 28.7 Å². The lowest BCUT2D eigenvalue weighted by Crippen LogP contribution is -2.38. The normalized spacial score (nSPS) is 15.8. The number of benzene rings is 1. The van der Waals surface area contributed by atoms with E-state index in [9.17, 15) is 4.79 Å². The van der Waals surface area contributed by atoms with E-state index < -0.39 is 0 Å². The van der Waals surface area contributed by atoms with Crippen molar-refractivity contribution in [2.75, 3.05) is 13.1 Å². The van der Waals surface area contributed by atoms with Crippen molar-refractivity contribution in [3.05, 3.63) is 46.6 Å². The van der Waals surface area contributed by atoms with E-state index in [4.69, 9.17) is 16.0 Å². The highest BCUT2D eigenvalue weighted by molar-refractivity contribution is 6.31. The average molecular weight is 359 g/mol. The number of carbonyl (C=O) groups is 1. The molecule has 4 rings (SSSR count). The van der Waals surface area contributed by atoms with Gasteiger partial charge in [-0.25, -0.2) is 4.98 Å². The molecule has 3 aromatic rings. The first-order chi connectivity index (χ1) is 12.1. The number of fused-ring (bicyclic) bond motifs is 1. The summed E-state index contributed by atoms with van der Waals surface area (Å²) < 4.78 is 5.87. The maximum absolute atomic E-state index is 12.5. The van der Waals surface area contributed by atoms with Crippen LogP contribution in [0.2, 0.25) is 5.02 Å². The van der Waals surface area contributed by atoms with Gasteiger partial charge in [0.15, 0.2) is 11.5 Å². The number of piperidine rings is 1. The summed E-state index contributed by atoms with van der Waals surface area (Å²) in [6.45, 7) is 3.38. The summed E-state index contributed by atoms with van der Waals surface area (Å²) in [5.41, 5.74) is 3.00. The summed E-state index contributed by atoms with van der Waals surface area (Å²) in [4.78, 5) is 19.0. The van der Waals surface area contributed by atoms with Crippen molar-refractivity contribution in [2.45, 2.75) is 32.1 Å². The predicted molar refractivity (Wildman–Crippen MR) is 94.9 cm³/mol. The molecule has 0 atom stereocenters. The van der Waals surface area contributed by atoms with Crippen LogP contribution in [0.3, 0.4) is 0 Å². The Hall–Kier alpha value is -2.34. The molecule has 1 aliphatic rings. The van der Waals surface area contributed by atoms with E-state index in [2.05, 4.69) is 15.2 Å². The Morgan fingerprint density at radius 3 is 2.88 bits per heavy atom. The maximum Gasteiger partial charge on any atom is 0.274 e. The molecule has 7 heteroatoms. The zero-order valence-electron chi connectivity index (χ0n) is 14.0. The van der Waals surface area contributed by atoms with Crippen molar-refractivity contribution in [1.29, 1.82) is 0 Å². The van der Waals surface area contributed by atoms with Crippen LogP contribution in [0.1, 0.15) is 47.8 Å². The van der Waals surface area contributed by atoms with Gasteiger partial charge in [-0.1, -0.05) is 18.5 Å². The van der Waals surface area contributed by atoms with E-state index in [1.807, 2.05) is 30.0 Å². The molecule has 0 aliphatic carbocycles. The number of carbonyl (C=O) groups excluding carboxylic acids is 1. The highest BCUT2D eigenvalue weighted by Crippen LogP contribution is 2.31. The fourth-order valence-electron chi connectivity index (χ4n) is 3.24.